The molecule has 1 aliphatic rings. The number of phenolic OH excluding ortho intramolecular Hbond substituents is 1. The van der Waals surface area contributed by atoms with Gasteiger partial charge in [0.25, 0.3) is 0 Å². The molecular formula is C24H22ClFN6O3. The largest absolute Gasteiger partial charge is 0.508 e. The molecule has 9 nitrogen and oxygen atoms in total. The van der Waals surface area contributed by atoms with Gasteiger partial charge in [0, 0.05) is 43.0 Å². The lowest BCUT2D eigenvalue weighted by Crippen LogP contribution is -2.43. The zero-order valence-corrected chi connectivity index (χ0v) is 19.3. The molecule has 0 aliphatic carbocycles. The first-order valence-electron chi connectivity index (χ1n) is 11.1. The third-order valence-electron chi connectivity index (χ3n) is 5.86. The molecule has 3 N–H and O–H groups in total. The number of anilines is 1. The van der Waals surface area contributed by atoms with Crippen molar-refractivity contribution in [3.63, 3.8) is 0 Å². The van der Waals surface area contributed by atoms with Crippen molar-refractivity contribution in [3.05, 3.63) is 59.8 Å². The lowest BCUT2D eigenvalue weighted by atomic mass is 9.98. The predicted octanol–water partition coefficient (Wildman–Crippen LogP) is 4.84. The van der Waals surface area contributed by atoms with Crippen LogP contribution in [0.3, 0.4) is 0 Å². The molecule has 5 rings (SSSR count). The number of hydrogen-bond acceptors (Lipinski definition) is 7. The lowest BCUT2D eigenvalue weighted by Gasteiger charge is -2.32. The van der Waals surface area contributed by atoms with E-state index in [2.05, 4.69) is 25.3 Å². The molecular weight excluding hydrogens is 475 g/mol. The fourth-order valence-corrected chi connectivity index (χ4v) is 4.26. The number of halogens is 2. The fourth-order valence-electron chi connectivity index (χ4n) is 4.10. The van der Waals surface area contributed by atoms with E-state index < -0.39 is 11.9 Å². The van der Waals surface area contributed by atoms with Crippen molar-refractivity contribution in [1.29, 1.82) is 0 Å². The van der Waals surface area contributed by atoms with E-state index in [1.807, 2.05) is 0 Å². The van der Waals surface area contributed by atoms with Gasteiger partial charge in [-0.2, -0.15) is 0 Å². The second kappa shape index (κ2) is 9.75. The number of amides is 1. The van der Waals surface area contributed by atoms with Gasteiger partial charge in [-0.25, -0.2) is 24.1 Å². The van der Waals surface area contributed by atoms with Gasteiger partial charge in [-0.3, -0.25) is 0 Å². The molecule has 1 amide bonds. The number of aromatic hydroxyl groups is 1. The standard InChI is InChI=1S/C24H22ClFN6O3/c25-15-8-18-19(11-29-21(18)28-10-15)22-30-12-20(26)23(31-22)27-9-14-2-1-7-32(13-14)24(34)35-17-5-3-16(33)4-6-17/h3-6,8,10-12,14,33H,1-2,7,9,13H2,(H,28,29)(H,27,30,31). The van der Waals surface area contributed by atoms with Gasteiger partial charge in [-0.15, -0.1) is 0 Å². The van der Waals surface area contributed by atoms with Crippen LogP contribution in [0.5, 0.6) is 11.5 Å². The van der Waals surface area contributed by atoms with Gasteiger partial charge in [0.05, 0.1) is 11.2 Å². The molecule has 3 aromatic heterocycles. The van der Waals surface area contributed by atoms with Crippen molar-refractivity contribution in [3.8, 4) is 22.9 Å². The van der Waals surface area contributed by atoms with Gasteiger partial charge in [0.15, 0.2) is 17.5 Å². The highest BCUT2D eigenvalue weighted by Gasteiger charge is 2.25. The Balaban J connectivity index is 1.24. The number of H-pyrrole nitrogens is 1. The number of carbonyl (C=O) groups is 1. The van der Waals surface area contributed by atoms with Gasteiger partial charge in [-0.05, 0) is 49.1 Å². The van der Waals surface area contributed by atoms with E-state index in [9.17, 15) is 14.3 Å². The van der Waals surface area contributed by atoms with Gasteiger partial charge >= 0.3 is 6.09 Å². The maximum atomic E-state index is 14.5. The number of carbonyl (C=O) groups excluding carboxylic acids is 1. The van der Waals surface area contributed by atoms with E-state index in [4.69, 9.17) is 16.3 Å². The SMILES string of the molecule is O=C(Oc1ccc(O)cc1)N1CCCC(CNc2nc(-c3c[nH]c4ncc(Cl)cc34)ncc2F)C1. The number of benzene rings is 1. The van der Waals surface area contributed by atoms with Crippen LogP contribution in [0, 0.1) is 11.7 Å². The van der Waals surface area contributed by atoms with Gasteiger partial charge in [0.2, 0.25) is 0 Å². The topological polar surface area (TPSA) is 116 Å². The Hall–Kier alpha value is -3.92. The molecule has 4 aromatic rings. The third kappa shape index (κ3) is 5.12. The maximum absolute atomic E-state index is 14.5. The van der Waals surface area contributed by atoms with Crippen LogP contribution in [0.2, 0.25) is 5.02 Å². The molecule has 1 saturated heterocycles. The second-order valence-electron chi connectivity index (χ2n) is 8.34. The van der Waals surface area contributed by atoms with Crippen LogP contribution < -0.4 is 10.1 Å². The molecule has 1 atom stereocenters. The summed E-state index contributed by atoms with van der Waals surface area (Å²) in [6.07, 6.45) is 5.60. The zero-order chi connectivity index (χ0) is 24.4. The zero-order valence-electron chi connectivity index (χ0n) is 18.5. The molecule has 0 radical (unpaired) electrons. The molecule has 4 heterocycles. The number of pyridine rings is 1. The van der Waals surface area contributed by atoms with Crippen LogP contribution in [0.1, 0.15) is 12.8 Å². The van der Waals surface area contributed by atoms with E-state index in [0.717, 1.165) is 24.4 Å². The smallest absolute Gasteiger partial charge is 0.415 e. The Morgan fingerprint density at radius 3 is 2.94 bits per heavy atom. The number of aromatic nitrogens is 4. The summed E-state index contributed by atoms with van der Waals surface area (Å²) in [6, 6.07) is 7.73. The normalized spacial score (nSPS) is 15.8. The molecule has 1 unspecified atom stereocenters. The minimum atomic E-state index is -0.566. The van der Waals surface area contributed by atoms with Crippen LogP contribution in [0.25, 0.3) is 22.4 Å². The number of rotatable bonds is 5. The molecule has 0 saturated carbocycles. The summed E-state index contributed by atoms with van der Waals surface area (Å²) in [6.45, 7) is 1.48. The van der Waals surface area contributed by atoms with E-state index >= 15 is 0 Å². The first kappa shape index (κ1) is 22.9. The number of phenols is 1. The summed E-state index contributed by atoms with van der Waals surface area (Å²) >= 11 is 6.08. The maximum Gasteiger partial charge on any atom is 0.415 e. The van der Waals surface area contributed by atoms with Crippen molar-refractivity contribution in [2.75, 3.05) is 25.0 Å². The molecule has 1 aliphatic heterocycles. The summed E-state index contributed by atoms with van der Waals surface area (Å²) in [5.74, 6) is 0.404. The van der Waals surface area contributed by atoms with Crippen LogP contribution in [0.15, 0.2) is 48.9 Å². The summed E-state index contributed by atoms with van der Waals surface area (Å²) in [5.41, 5.74) is 1.30. The van der Waals surface area contributed by atoms with E-state index in [0.29, 0.717) is 47.4 Å². The lowest BCUT2D eigenvalue weighted by molar-refractivity contribution is 0.128. The molecule has 1 aromatic carbocycles. The molecule has 11 heteroatoms. The van der Waals surface area contributed by atoms with Gasteiger partial charge in [0.1, 0.15) is 17.1 Å². The van der Waals surface area contributed by atoms with E-state index in [-0.39, 0.29) is 17.5 Å². The molecule has 0 spiro atoms. The number of fused-ring (bicyclic) bond motifs is 1. The fraction of sp³-hybridized carbons (Fsp3) is 0.250. The number of piperidine rings is 1. The molecule has 180 valence electrons. The van der Waals surface area contributed by atoms with Crippen LogP contribution >= 0.6 is 11.6 Å². The monoisotopic (exact) mass is 496 g/mol. The minimum Gasteiger partial charge on any atom is -0.508 e. The predicted molar refractivity (Wildman–Crippen MR) is 129 cm³/mol. The summed E-state index contributed by atoms with van der Waals surface area (Å²) in [7, 11) is 0. The number of nitrogens with zero attached hydrogens (tertiary/aromatic N) is 4. The summed E-state index contributed by atoms with van der Waals surface area (Å²) in [4.78, 5) is 30.0. The highest BCUT2D eigenvalue weighted by molar-refractivity contribution is 6.31. The van der Waals surface area contributed by atoms with Crippen LogP contribution in [0.4, 0.5) is 15.0 Å². The number of aromatic amines is 1. The summed E-state index contributed by atoms with van der Waals surface area (Å²) in [5, 5.41) is 13.7. The minimum absolute atomic E-state index is 0.0862. The van der Waals surface area contributed by atoms with Crippen molar-refractivity contribution >= 4 is 34.5 Å². The number of nitrogens with one attached hydrogen (secondary N) is 2. The van der Waals surface area contributed by atoms with Gasteiger partial charge in [-0.1, -0.05) is 11.6 Å². The highest BCUT2D eigenvalue weighted by atomic mass is 35.5. The Labute approximate surface area is 204 Å². The van der Waals surface area contributed by atoms with Crippen molar-refractivity contribution in [2.45, 2.75) is 12.8 Å². The number of hydrogen-bond donors (Lipinski definition) is 3. The van der Waals surface area contributed by atoms with Crippen LogP contribution in [-0.2, 0) is 0 Å². The van der Waals surface area contributed by atoms with E-state index in [1.165, 1.54) is 30.5 Å². The Morgan fingerprint density at radius 2 is 2.11 bits per heavy atom. The quantitative estimate of drug-likeness (QED) is 0.362. The first-order chi connectivity index (χ1) is 17.0. The van der Waals surface area contributed by atoms with Crippen LogP contribution in [-0.4, -0.2) is 55.7 Å². The van der Waals surface area contributed by atoms with Crippen molar-refractivity contribution < 1.29 is 19.0 Å². The average molecular weight is 497 g/mol. The first-order valence-corrected chi connectivity index (χ1v) is 11.5. The molecule has 35 heavy (non-hydrogen) atoms. The average Bonchev–Trinajstić information content (AvgIpc) is 3.28. The Kier molecular flexibility index (Phi) is 6.37. The van der Waals surface area contributed by atoms with E-state index in [1.54, 1.807) is 17.2 Å². The van der Waals surface area contributed by atoms with Crippen molar-refractivity contribution in [2.24, 2.45) is 5.92 Å². The Morgan fingerprint density at radius 1 is 1.29 bits per heavy atom. The number of likely N-dealkylation sites (tertiary alicyclic amines) is 1. The summed E-state index contributed by atoms with van der Waals surface area (Å²) < 4.78 is 19.9. The molecule has 1 fully saturated rings. The van der Waals surface area contributed by atoms with Gasteiger partial charge < -0.3 is 25.0 Å². The van der Waals surface area contributed by atoms with Crippen molar-refractivity contribution in [1.82, 2.24) is 24.8 Å². The number of ether oxygens (including phenoxy) is 1. The third-order valence-corrected chi connectivity index (χ3v) is 6.07. The highest BCUT2D eigenvalue weighted by Crippen LogP contribution is 2.28. The molecule has 0 bridgehead atoms. The second-order valence-corrected chi connectivity index (χ2v) is 8.78. The Bertz CT molecular complexity index is 1360.